The number of rotatable bonds is 6. The number of benzene rings is 1. The smallest absolute Gasteiger partial charge is 0.242 e. The van der Waals surface area contributed by atoms with Crippen molar-refractivity contribution in [3.05, 3.63) is 24.3 Å². The molecular formula is C14H20N2O3S. The summed E-state index contributed by atoms with van der Waals surface area (Å²) in [7, 11) is -3.44. The summed E-state index contributed by atoms with van der Waals surface area (Å²) in [5.41, 5.74) is 0.641. The highest BCUT2D eigenvalue weighted by Gasteiger charge is 2.30. The number of hydrogen-bond donors (Lipinski definition) is 3. The van der Waals surface area contributed by atoms with Gasteiger partial charge in [-0.25, -0.2) is 13.1 Å². The summed E-state index contributed by atoms with van der Waals surface area (Å²) in [5, 5.41) is 12.5. The van der Waals surface area contributed by atoms with E-state index < -0.39 is 10.0 Å². The second-order valence-corrected chi connectivity index (χ2v) is 7.45. The van der Waals surface area contributed by atoms with Gasteiger partial charge in [0.25, 0.3) is 0 Å². The molecule has 20 heavy (non-hydrogen) atoms. The monoisotopic (exact) mass is 296 g/mol. The van der Waals surface area contributed by atoms with Gasteiger partial charge in [-0.05, 0) is 43.7 Å². The van der Waals surface area contributed by atoms with Gasteiger partial charge < -0.3 is 10.4 Å². The van der Waals surface area contributed by atoms with Gasteiger partial charge in [0.2, 0.25) is 10.0 Å². The number of nitrogens with one attached hydrogen (secondary N) is 2. The Balaban J connectivity index is 1.70. The Hall–Kier alpha value is -1.11. The van der Waals surface area contributed by atoms with Crippen molar-refractivity contribution >= 4 is 15.7 Å². The molecule has 110 valence electrons. The van der Waals surface area contributed by atoms with Crippen molar-refractivity contribution in [2.24, 2.45) is 5.92 Å². The lowest BCUT2D eigenvalue weighted by Crippen LogP contribution is -2.33. The summed E-state index contributed by atoms with van der Waals surface area (Å²) < 4.78 is 27.3. The van der Waals surface area contributed by atoms with Crippen LogP contribution in [0, 0.1) is 5.92 Å². The maximum Gasteiger partial charge on any atom is 0.242 e. The van der Waals surface area contributed by atoms with Gasteiger partial charge >= 0.3 is 0 Å². The summed E-state index contributed by atoms with van der Waals surface area (Å²) in [4.78, 5) is 0.312. The minimum atomic E-state index is -3.44. The van der Waals surface area contributed by atoms with E-state index in [-0.39, 0.29) is 12.1 Å². The van der Waals surface area contributed by atoms with Gasteiger partial charge in [-0.3, -0.25) is 0 Å². The van der Waals surface area contributed by atoms with Crippen molar-refractivity contribution in [1.29, 1.82) is 0 Å². The fraction of sp³-hybridized carbons (Fsp3) is 0.571. The third kappa shape index (κ3) is 3.13. The molecule has 0 spiro atoms. The minimum Gasteiger partial charge on any atom is -0.393 e. The molecule has 0 aliphatic heterocycles. The summed E-state index contributed by atoms with van der Waals surface area (Å²) in [5.74, 6) is 0.428. The predicted molar refractivity (Wildman–Crippen MR) is 77.0 cm³/mol. The van der Waals surface area contributed by atoms with E-state index in [0.29, 0.717) is 23.0 Å². The maximum absolute atomic E-state index is 12.3. The second-order valence-electron chi connectivity index (χ2n) is 5.76. The first-order chi connectivity index (χ1) is 9.54. The molecule has 0 atom stereocenters. The Labute approximate surface area is 119 Å². The molecule has 1 aromatic rings. The number of anilines is 1. The van der Waals surface area contributed by atoms with Crippen molar-refractivity contribution < 1.29 is 13.5 Å². The summed E-state index contributed by atoms with van der Waals surface area (Å²) in [6, 6.07) is 7.09. The predicted octanol–water partition coefficient (Wildman–Crippen LogP) is 1.31. The molecule has 0 aromatic heterocycles. The molecule has 6 heteroatoms. The van der Waals surface area contributed by atoms with E-state index in [4.69, 9.17) is 0 Å². The Morgan fingerprint density at radius 3 is 2.55 bits per heavy atom. The zero-order valence-electron chi connectivity index (χ0n) is 11.2. The highest BCUT2D eigenvalue weighted by atomic mass is 32.2. The molecule has 2 saturated carbocycles. The van der Waals surface area contributed by atoms with Crippen LogP contribution in [0.25, 0.3) is 0 Å². The molecule has 5 nitrogen and oxygen atoms in total. The molecule has 0 radical (unpaired) electrons. The summed E-state index contributed by atoms with van der Waals surface area (Å²) in [6.45, 7) is 0.701. The summed E-state index contributed by atoms with van der Waals surface area (Å²) >= 11 is 0. The number of hydrogen-bond acceptors (Lipinski definition) is 4. The van der Waals surface area contributed by atoms with Crippen LogP contribution in [0.15, 0.2) is 29.2 Å². The zero-order valence-corrected chi connectivity index (χ0v) is 12.1. The van der Waals surface area contributed by atoms with Crippen molar-refractivity contribution in [2.45, 2.75) is 42.7 Å². The van der Waals surface area contributed by atoms with E-state index in [2.05, 4.69) is 10.0 Å². The summed E-state index contributed by atoms with van der Waals surface area (Å²) in [6.07, 6.45) is 3.26. The third-order valence-electron chi connectivity index (χ3n) is 3.87. The molecule has 0 amide bonds. The largest absolute Gasteiger partial charge is 0.393 e. The highest BCUT2D eigenvalue weighted by Crippen LogP contribution is 2.29. The first kappa shape index (κ1) is 13.9. The molecule has 0 heterocycles. The third-order valence-corrected chi connectivity index (χ3v) is 5.45. The van der Waals surface area contributed by atoms with E-state index in [9.17, 15) is 13.5 Å². The van der Waals surface area contributed by atoms with Crippen LogP contribution in [0.3, 0.4) is 0 Å². The van der Waals surface area contributed by atoms with Crippen LogP contribution < -0.4 is 10.0 Å². The van der Waals surface area contributed by atoms with E-state index >= 15 is 0 Å². The van der Waals surface area contributed by atoms with Gasteiger partial charge in [0.15, 0.2) is 0 Å². The highest BCUT2D eigenvalue weighted by molar-refractivity contribution is 7.89. The molecule has 3 N–H and O–H groups in total. The van der Waals surface area contributed by atoms with Gasteiger partial charge in [0.1, 0.15) is 4.90 Å². The molecule has 3 rings (SSSR count). The fourth-order valence-electron chi connectivity index (χ4n) is 2.45. The van der Waals surface area contributed by atoms with Crippen molar-refractivity contribution in [1.82, 2.24) is 4.72 Å². The van der Waals surface area contributed by atoms with E-state index in [0.717, 1.165) is 25.7 Å². The van der Waals surface area contributed by atoms with Gasteiger partial charge in [-0.15, -0.1) is 0 Å². The van der Waals surface area contributed by atoms with Crippen molar-refractivity contribution in [3.8, 4) is 0 Å². The van der Waals surface area contributed by atoms with Crippen LogP contribution in [0.5, 0.6) is 0 Å². The maximum atomic E-state index is 12.3. The molecule has 0 unspecified atom stereocenters. The lowest BCUT2D eigenvalue weighted by molar-refractivity contribution is 0.0486. The molecule has 2 fully saturated rings. The van der Waals surface area contributed by atoms with Gasteiger partial charge in [-0.2, -0.15) is 0 Å². The first-order valence-electron chi connectivity index (χ1n) is 7.08. The molecule has 2 aliphatic rings. The van der Waals surface area contributed by atoms with Crippen LogP contribution in [-0.2, 0) is 10.0 Å². The number of aliphatic hydroxyl groups is 1. The van der Waals surface area contributed by atoms with Crippen LogP contribution >= 0.6 is 0 Å². The van der Waals surface area contributed by atoms with Gasteiger partial charge in [0.05, 0.1) is 11.8 Å². The quantitative estimate of drug-likeness (QED) is 0.739. The Morgan fingerprint density at radius 2 is 1.90 bits per heavy atom. The average Bonchev–Trinajstić information content (AvgIpc) is 3.17. The first-order valence-corrected chi connectivity index (χ1v) is 8.56. The molecular weight excluding hydrogens is 276 g/mol. The molecule has 2 aliphatic carbocycles. The minimum absolute atomic E-state index is 0.106. The van der Waals surface area contributed by atoms with E-state index in [1.807, 2.05) is 6.07 Å². The Bertz CT molecular complexity index is 578. The standard InChI is InChI=1S/C14H20N2O3S/c17-12-7-10(8-12)9-15-13-3-1-2-4-14(13)20(18,19)16-11-5-6-11/h1-4,10-12,15-17H,5-9H2. The lowest BCUT2D eigenvalue weighted by Gasteiger charge is -2.31. The molecule has 0 bridgehead atoms. The SMILES string of the molecule is O=S(=O)(NC1CC1)c1ccccc1NCC1CC(O)C1. The average molecular weight is 296 g/mol. The van der Waals surface area contributed by atoms with Crippen LogP contribution in [-0.4, -0.2) is 32.2 Å². The van der Waals surface area contributed by atoms with Crippen LogP contribution in [0.1, 0.15) is 25.7 Å². The van der Waals surface area contributed by atoms with E-state index in [1.54, 1.807) is 18.2 Å². The van der Waals surface area contributed by atoms with Crippen LogP contribution in [0.2, 0.25) is 0 Å². The van der Waals surface area contributed by atoms with Gasteiger partial charge in [-0.1, -0.05) is 12.1 Å². The normalized spacial score (nSPS) is 26.1. The fourth-order valence-corrected chi connectivity index (χ4v) is 3.94. The Morgan fingerprint density at radius 1 is 1.20 bits per heavy atom. The van der Waals surface area contributed by atoms with E-state index in [1.165, 1.54) is 0 Å². The topological polar surface area (TPSA) is 78.4 Å². The lowest BCUT2D eigenvalue weighted by atomic mass is 9.82. The zero-order chi connectivity index (χ0) is 14.2. The second kappa shape index (κ2) is 5.35. The van der Waals surface area contributed by atoms with Crippen LogP contribution in [0.4, 0.5) is 5.69 Å². The van der Waals surface area contributed by atoms with Crippen molar-refractivity contribution in [2.75, 3.05) is 11.9 Å². The number of aliphatic hydroxyl groups excluding tert-OH is 1. The van der Waals surface area contributed by atoms with Crippen molar-refractivity contribution in [3.63, 3.8) is 0 Å². The number of para-hydroxylation sites is 1. The Kier molecular flexibility index (Phi) is 3.70. The number of sulfonamides is 1. The molecule has 1 aromatic carbocycles. The van der Waals surface area contributed by atoms with Gasteiger partial charge in [0, 0.05) is 12.6 Å². The molecule has 0 saturated heterocycles.